The Hall–Kier alpha value is -3.35. The summed E-state index contributed by atoms with van der Waals surface area (Å²) >= 11 is 0. The van der Waals surface area contributed by atoms with Crippen molar-refractivity contribution in [1.29, 1.82) is 0 Å². The van der Waals surface area contributed by atoms with E-state index in [0.29, 0.717) is 36.7 Å². The van der Waals surface area contributed by atoms with Crippen molar-refractivity contribution in [3.05, 3.63) is 53.1 Å². The molecule has 0 bridgehead atoms. The van der Waals surface area contributed by atoms with Crippen LogP contribution in [0.1, 0.15) is 25.3 Å². The molecule has 2 N–H and O–H groups in total. The summed E-state index contributed by atoms with van der Waals surface area (Å²) in [6, 6.07) is 5.52. The number of pyridine rings is 2. The van der Waals surface area contributed by atoms with Gasteiger partial charge in [0.15, 0.2) is 0 Å². The van der Waals surface area contributed by atoms with Gasteiger partial charge in [-0.05, 0) is 36.9 Å². The van der Waals surface area contributed by atoms with E-state index in [1.54, 1.807) is 12.4 Å². The van der Waals surface area contributed by atoms with Crippen LogP contribution < -0.4 is 15.6 Å². The van der Waals surface area contributed by atoms with Gasteiger partial charge in [0, 0.05) is 40.5 Å². The minimum atomic E-state index is -0.183. The molecule has 1 aliphatic heterocycles. The van der Waals surface area contributed by atoms with Crippen LogP contribution in [0, 0.1) is 0 Å². The topological polar surface area (TPSA) is 93.3 Å². The molecule has 1 aromatic carbocycles. The molecule has 1 saturated heterocycles. The molecule has 1 atom stereocenters. The van der Waals surface area contributed by atoms with Crippen molar-refractivity contribution in [3.8, 4) is 5.88 Å². The lowest BCUT2D eigenvalue weighted by Gasteiger charge is -2.14. The highest BCUT2D eigenvalue weighted by molar-refractivity contribution is 6.03. The van der Waals surface area contributed by atoms with Crippen LogP contribution in [0.4, 0.5) is 0 Å². The summed E-state index contributed by atoms with van der Waals surface area (Å²) in [6.07, 6.45) is 4.53. The Balaban J connectivity index is 1.78. The fraction of sp³-hybridized carbons (Fsp3) is 0.286. The highest BCUT2D eigenvalue weighted by Crippen LogP contribution is 2.30. The molecule has 28 heavy (non-hydrogen) atoms. The summed E-state index contributed by atoms with van der Waals surface area (Å²) in [4.78, 5) is 30.8. The van der Waals surface area contributed by atoms with E-state index >= 15 is 0 Å². The summed E-state index contributed by atoms with van der Waals surface area (Å²) in [7, 11) is 0. The number of hydrogen-bond donors (Lipinski definition) is 2. The Kier molecular flexibility index (Phi) is 4.73. The van der Waals surface area contributed by atoms with Gasteiger partial charge in [-0.15, -0.1) is 0 Å². The third-order valence-corrected chi connectivity index (χ3v) is 4.87. The molecule has 1 amide bonds. The number of nitrogens with one attached hydrogen (secondary N) is 2. The SMILES string of the molecule is C=C(OCC)c1c[nH]c(=O)c2cc3ccnc(OCC4CCC(=O)N4)c3cc12. The quantitative estimate of drug-likeness (QED) is 0.507. The van der Waals surface area contributed by atoms with Crippen LogP contribution in [0.25, 0.3) is 27.3 Å². The van der Waals surface area contributed by atoms with Gasteiger partial charge in [0.1, 0.15) is 12.4 Å². The predicted octanol–water partition coefficient (Wildman–Crippen LogP) is 2.74. The number of amides is 1. The molecule has 3 aromatic rings. The minimum absolute atomic E-state index is 0.0128. The number of rotatable bonds is 6. The largest absolute Gasteiger partial charge is 0.494 e. The van der Waals surface area contributed by atoms with E-state index in [-0.39, 0.29) is 17.5 Å². The predicted molar refractivity (Wildman–Crippen MR) is 107 cm³/mol. The van der Waals surface area contributed by atoms with Crippen molar-refractivity contribution in [2.24, 2.45) is 0 Å². The summed E-state index contributed by atoms with van der Waals surface area (Å²) in [5.41, 5.74) is 0.536. The normalized spacial score (nSPS) is 16.3. The van der Waals surface area contributed by atoms with Crippen molar-refractivity contribution >= 4 is 33.2 Å². The summed E-state index contributed by atoms with van der Waals surface area (Å²) in [6.45, 7) is 6.68. The first-order valence-electron chi connectivity index (χ1n) is 9.25. The number of aromatic nitrogens is 2. The number of carbonyl (C=O) groups excluding carboxylic acids is 1. The summed E-state index contributed by atoms with van der Waals surface area (Å²) < 4.78 is 11.5. The number of ether oxygens (including phenoxy) is 2. The lowest BCUT2D eigenvalue weighted by molar-refractivity contribution is -0.119. The molecule has 0 saturated carbocycles. The van der Waals surface area contributed by atoms with Gasteiger partial charge in [-0.3, -0.25) is 9.59 Å². The lowest BCUT2D eigenvalue weighted by atomic mass is 10.0. The first-order chi connectivity index (χ1) is 13.6. The molecule has 1 fully saturated rings. The molecule has 2 aromatic heterocycles. The van der Waals surface area contributed by atoms with Crippen LogP contribution in [-0.4, -0.2) is 35.1 Å². The number of H-pyrrole nitrogens is 1. The van der Waals surface area contributed by atoms with Gasteiger partial charge in [-0.25, -0.2) is 4.98 Å². The van der Waals surface area contributed by atoms with E-state index in [1.807, 2.05) is 25.1 Å². The maximum Gasteiger partial charge on any atom is 0.255 e. The van der Waals surface area contributed by atoms with E-state index in [4.69, 9.17) is 9.47 Å². The molecule has 0 spiro atoms. The third kappa shape index (κ3) is 3.31. The Morgan fingerprint density at radius 2 is 2.14 bits per heavy atom. The smallest absolute Gasteiger partial charge is 0.255 e. The first-order valence-corrected chi connectivity index (χ1v) is 9.25. The van der Waals surface area contributed by atoms with E-state index in [2.05, 4.69) is 21.9 Å². The molecule has 4 rings (SSSR count). The van der Waals surface area contributed by atoms with Gasteiger partial charge in [0.25, 0.3) is 5.56 Å². The van der Waals surface area contributed by atoms with Crippen molar-refractivity contribution < 1.29 is 14.3 Å². The van der Waals surface area contributed by atoms with Gasteiger partial charge in [-0.1, -0.05) is 6.58 Å². The molecule has 7 nitrogen and oxygen atoms in total. The van der Waals surface area contributed by atoms with Crippen LogP contribution in [0.5, 0.6) is 5.88 Å². The molecule has 3 heterocycles. The van der Waals surface area contributed by atoms with Gasteiger partial charge in [0.2, 0.25) is 11.8 Å². The van der Waals surface area contributed by atoms with E-state index in [1.165, 1.54) is 0 Å². The second kappa shape index (κ2) is 7.34. The Morgan fingerprint density at radius 1 is 1.29 bits per heavy atom. The maximum absolute atomic E-state index is 12.4. The molecule has 1 aliphatic rings. The third-order valence-electron chi connectivity index (χ3n) is 4.87. The number of fused-ring (bicyclic) bond motifs is 2. The van der Waals surface area contributed by atoms with Crippen LogP contribution in [0.2, 0.25) is 0 Å². The van der Waals surface area contributed by atoms with Crippen molar-refractivity contribution in [3.63, 3.8) is 0 Å². The summed E-state index contributed by atoms with van der Waals surface area (Å²) in [5, 5.41) is 5.79. The van der Waals surface area contributed by atoms with Crippen molar-refractivity contribution in [2.75, 3.05) is 13.2 Å². The Labute approximate surface area is 161 Å². The summed E-state index contributed by atoms with van der Waals surface area (Å²) in [5.74, 6) is 1.00. The van der Waals surface area contributed by atoms with E-state index in [0.717, 1.165) is 28.1 Å². The fourth-order valence-corrected chi connectivity index (χ4v) is 3.48. The van der Waals surface area contributed by atoms with Crippen LogP contribution in [0.15, 0.2) is 42.0 Å². The maximum atomic E-state index is 12.4. The minimum Gasteiger partial charge on any atom is -0.494 e. The Morgan fingerprint density at radius 3 is 2.89 bits per heavy atom. The molecule has 1 unspecified atom stereocenters. The number of hydrogen-bond acceptors (Lipinski definition) is 5. The Bertz CT molecular complexity index is 1140. The zero-order valence-corrected chi connectivity index (χ0v) is 15.6. The zero-order chi connectivity index (χ0) is 19.7. The second-order valence-corrected chi connectivity index (χ2v) is 6.74. The molecular weight excluding hydrogens is 358 g/mol. The van der Waals surface area contributed by atoms with Gasteiger partial charge in [0.05, 0.1) is 12.6 Å². The van der Waals surface area contributed by atoms with E-state index in [9.17, 15) is 9.59 Å². The highest BCUT2D eigenvalue weighted by Gasteiger charge is 2.21. The number of benzene rings is 1. The molecule has 7 heteroatoms. The van der Waals surface area contributed by atoms with Crippen LogP contribution >= 0.6 is 0 Å². The van der Waals surface area contributed by atoms with Gasteiger partial charge >= 0.3 is 0 Å². The van der Waals surface area contributed by atoms with Crippen molar-refractivity contribution in [1.82, 2.24) is 15.3 Å². The zero-order valence-electron chi connectivity index (χ0n) is 15.6. The second-order valence-electron chi connectivity index (χ2n) is 6.74. The van der Waals surface area contributed by atoms with Crippen molar-refractivity contribution in [2.45, 2.75) is 25.8 Å². The average molecular weight is 379 g/mol. The average Bonchev–Trinajstić information content (AvgIpc) is 3.11. The fourth-order valence-electron chi connectivity index (χ4n) is 3.48. The van der Waals surface area contributed by atoms with Gasteiger partial charge in [-0.2, -0.15) is 0 Å². The molecule has 144 valence electrons. The number of carbonyl (C=O) groups is 1. The standard InChI is InChI=1S/C21H21N3O4/c1-3-27-12(2)18-10-23-20(26)17-8-13-6-7-22-21(15(13)9-16(17)18)28-11-14-4-5-19(25)24-14/h6-10,14H,2-5,11H2,1H3,(H,23,26)(H,24,25). The van der Waals surface area contributed by atoms with Gasteiger partial charge < -0.3 is 19.8 Å². The molecular formula is C21H21N3O4. The molecule has 0 aliphatic carbocycles. The number of nitrogens with zero attached hydrogens (tertiary/aromatic N) is 1. The number of aromatic amines is 1. The highest BCUT2D eigenvalue weighted by atomic mass is 16.5. The van der Waals surface area contributed by atoms with Crippen LogP contribution in [-0.2, 0) is 9.53 Å². The lowest BCUT2D eigenvalue weighted by Crippen LogP contribution is -2.31. The monoisotopic (exact) mass is 379 g/mol. The first kappa shape index (κ1) is 18.0. The van der Waals surface area contributed by atoms with Crippen LogP contribution in [0.3, 0.4) is 0 Å². The molecule has 0 radical (unpaired) electrons. The van der Waals surface area contributed by atoms with E-state index < -0.39 is 0 Å².